The fraction of sp³-hybridized carbons (Fsp3) is 0.667. The van der Waals surface area contributed by atoms with Crippen molar-refractivity contribution in [1.82, 2.24) is 0 Å². The first-order chi connectivity index (χ1) is 2.91. The highest BCUT2D eigenvalue weighted by Crippen LogP contribution is 1.68. The first-order valence-electron chi connectivity index (χ1n) is 1.67. The standard InChI is InChI=1S/C3H7NO2/c4-2-1-3-6-5/h2,4-5H,1,3H2. The van der Waals surface area contributed by atoms with Crippen LogP contribution in [0.3, 0.4) is 0 Å². The summed E-state index contributed by atoms with van der Waals surface area (Å²) in [7, 11) is 0. The van der Waals surface area contributed by atoms with Gasteiger partial charge in [-0.15, -0.1) is 0 Å². The largest absolute Gasteiger partial charge is 0.313 e. The fourth-order valence-electron chi connectivity index (χ4n) is 0.112. The van der Waals surface area contributed by atoms with Gasteiger partial charge in [-0.2, -0.15) is 0 Å². The van der Waals surface area contributed by atoms with Gasteiger partial charge in [0.25, 0.3) is 0 Å². The quantitative estimate of drug-likeness (QED) is 0.229. The topological polar surface area (TPSA) is 53.3 Å². The summed E-state index contributed by atoms with van der Waals surface area (Å²) >= 11 is 0. The van der Waals surface area contributed by atoms with E-state index in [1.807, 2.05) is 0 Å². The molecule has 3 heteroatoms. The van der Waals surface area contributed by atoms with E-state index >= 15 is 0 Å². The van der Waals surface area contributed by atoms with Crippen molar-refractivity contribution in [2.75, 3.05) is 6.61 Å². The minimum absolute atomic E-state index is 0.226. The van der Waals surface area contributed by atoms with Crippen molar-refractivity contribution in [2.24, 2.45) is 0 Å². The lowest BCUT2D eigenvalue weighted by molar-refractivity contribution is -0.239. The van der Waals surface area contributed by atoms with E-state index < -0.39 is 0 Å². The van der Waals surface area contributed by atoms with Crippen LogP contribution >= 0.6 is 0 Å². The second-order valence-electron chi connectivity index (χ2n) is 0.826. The molecule has 0 aliphatic carbocycles. The van der Waals surface area contributed by atoms with Crippen LogP contribution in [0.1, 0.15) is 6.42 Å². The molecule has 0 atom stereocenters. The van der Waals surface area contributed by atoms with E-state index in [0.717, 1.165) is 0 Å². The van der Waals surface area contributed by atoms with E-state index in [1.165, 1.54) is 6.21 Å². The summed E-state index contributed by atoms with van der Waals surface area (Å²) in [6.07, 6.45) is 1.66. The van der Waals surface area contributed by atoms with Gasteiger partial charge in [0.05, 0.1) is 6.61 Å². The number of hydrogen-bond donors (Lipinski definition) is 2. The average molecular weight is 89.1 g/mol. The van der Waals surface area contributed by atoms with Crippen molar-refractivity contribution in [3.63, 3.8) is 0 Å². The van der Waals surface area contributed by atoms with Crippen LogP contribution in [-0.4, -0.2) is 18.1 Å². The van der Waals surface area contributed by atoms with Gasteiger partial charge < -0.3 is 5.41 Å². The molecular formula is C3H7NO2. The molecule has 0 aliphatic rings. The lowest BCUT2D eigenvalue weighted by Crippen LogP contribution is -1.86. The lowest BCUT2D eigenvalue weighted by Gasteiger charge is -1.82. The number of rotatable bonds is 3. The molecule has 0 amide bonds. The third-order valence-electron chi connectivity index (χ3n) is 0.353. The summed E-state index contributed by atoms with van der Waals surface area (Å²) in [5.41, 5.74) is 0. The summed E-state index contributed by atoms with van der Waals surface area (Å²) in [5, 5.41) is 14.0. The Morgan fingerprint density at radius 3 is 2.67 bits per heavy atom. The van der Waals surface area contributed by atoms with Gasteiger partial charge >= 0.3 is 0 Å². The highest BCUT2D eigenvalue weighted by molar-refractivity contribution is 5.52. The van der Waals surface area contributed by atoms with Crippen LogP contribution in [0.15, 0.2) is 0 Å². The van der Waals surface area contributed by atoms with E-state index in [2.05, 4.69) is 4.89 Å². The third-order valence-corrected chi connectivity index (χ3v) is 0.353. The molecule has 0 saturated heterocycles. The molecule has 0 saturated carbocycles. The maximum Gasteiger partial charge on any atom is 0.0868 e. The molecule has 0 heterocycles. The molecule has 36 valence electrons. The number of nitrogens with one attached hydrogen (secondary N) is 1. The monoisotopic (exact) mass is 89.0 g/mol. The Morgan fingerprint density at radius 2 is 2.50 bits per heavy atom. The molecule has 0 unspecified atom stereocenters. The first kappa shape index (κ1) is 5.59. The Balaban J connectivity index is 2.49. The van der Waals surface area contributed by atoms with Crippen LogP contribution < -0.4 is 0 Å². The average Bonchev–Trinajstić information content (AvgIpc) is 1.61. The van der Waals surface area contributed by atoms with Gasteiger partial charge in [-0.05, 0) is 6.21 Å². The van der Waals surface area contributed by atoms with Crippen molar-refractivity contribution in [2.45, 2.75) is 6.42 Å². The molecule has 0 spiro atoms. The zero-order chi connectivity index (χ0) is 4.83. The van der Waals surface area contributed by atoms with E-state index in [1.54, 1.807) is 0 Å². The molecule has 0 aromatic heterocycles. The van der Waals surface area contributed by atoms with Crippen molar-refractivity contribution >= 4 is 6.21 Å². The molecule has 0 aliphatic heterocycles. The maximum absolute atomic E-state index is 7.59. The smallest absolute Gasteiger partial charge is 0.0868 e. The molecule has 6 heavy (non-hydrogen) atoms. The predicted molar refractivity (Wildman–Crippen MR) is 22.0 cm³/mol. The SMILES string of the molecule is N=CCCOO. The summed E-state index contributed by atoms with van der Waals surface area (Å²) in [4.78, 5) is 3.63. The van der Waals surface area contributed by atoms with Gasteiger partial charge in [-0.1, -0.05) is 0 Å². The van der Waals surface area contributed by atoms with Gasteiger partial charge in [-0.3, -0.25) is 5.26 Å². The van der Waals surface area contributed by atoms with Crippen LogP contribution in [0, 0.1) is 5.41 Å². The molecule has 3 nitrogen and oxygen atoms in total. The Kier molecular flexibility index (Phi) is 4.28. The van der Waals surface area contributed by atoms with Crippen LogP contribution in [0.2, 0.25) is 0 Å². The zero-order valence-electron chi connectivity index (χ0n) is 3.35. The molecule has 0 bridgehead atoms. The third kappa shape index (κ3) is 3.59. The highest BCUT2D eigenvalue weighted by atomic mass is 17.1. The van der Waals surface area contributed by atoms with E-state index in [-0.39, 0.29) is 6.61 Å². The normalized spacial score (nSPS) is 8.17. The molecule has 0 aromatic carbocycles. The van der Waals surface area contributed by atoms with Gasteiger partial charge in [-0.25, -0.2) is 4.89 Å². The first-order valence-corrected chi connectivity index (χ1v) is 1.67. The van der Waals surface area contributed by atoms with Gasteiger partial charge in [0.15, 0.2) is 0 Å². The minimum Gasteiger partial charge on any atom is -0.313 e. The Morgan fingerprint density at radius 1 is 1.83 bits per heavy atom. The number of hydrogen-bond acceptors (Lipinski definition) is 3. The molecule has 0 aromatic rings. The predicted octanol–water partition coefficient (Wildman–Crippen LogP) is 0.516. The molecule has 0 fully saturated rings. The van der Waals surface area contributed by atoms with Crippen molar-refractivity contribution in [3.8, 4) is 0 Å². The lowest BCUT2D eigenvalue weighted by atomic mass is 10.5. The summed E-state index contributed by atoms with van der Waals surface area (Å²) in [6.45, 7) is 0.226. The van der Waals surface area contributed by atoms with Crippen molar-refractivity contribution < 1.29 is 10.1 Å². The minimum atomic E-state index is 0.226. The fourth-order valence-corrected chi connectivity index (χ4v) is 0.112. The molecule has 0 radical (unpaired) electrons. The van der Waals surface area contributed by atoms with E-state index in [4.69, 9.17) is 10.7 Å². The zero-order valence-corrected chi connectivity index (χ0v) is 3.35. The summed E-state index contributed by atoms with van der Waals surface area (Å²) < 4.78 is 0. The van der Waals surface area contributed by atoms with Crippen LogP contribution in [-0.2, 0) is 4.89 Å². The van der Waals surface area contributed by atoms with E-state index in [9.17, 15) is 0 Å². The van der Waals surface area contributed by atoms with Gasteiger partial charge in [0.2, 0.25) is 0 Å². The van der Waals surface area contributed by atoms with Crippen LogP contribution in [0.25, 0.3) is 0 Å². The van der Waals surface area contributed by atoms with Crippen molar-refractivity contribution in [3.05, 3.63) is 0 Å². The van der Waals surface area contributed by atoms with Crippen LogP contribution in [0.4, 0.5) is 0 Å². The highest BCUT2D eigenvalue weighted by Gasteiger charge is 1.73. The van der Waals surface area contributed by atoms with Crippen molar-refractivity contribution in [1.29, 1.82) is 5.41 Å². The molecular weight excluding hydrogens is 82.0 g/mol. The van der Waals surface area contributed by atoms with Gasteiger partial charge in [0.1, 0.15) is 0 Å². The van der Waals surface area contributed by atoms with Crippen LogP contribution in [0.5, 0.6) is 0 Å². The Hall–Kier alpha value is -0.410. The molecule has 0 rings (SSSR count). The second-order valence-corrected chi connectivity index (χ2v) is 0.826. The summed E-state index contributed by atoms with van der Waals surface area (Å²) in [6, 6.07) is 0. The van der Waals surface area contributed by atoms with E-state index in [0.29, 0.717) is 6.42 Å². The molecule has 2 N–H and O–H groups in total. The summed E-state index contributed by atoms with van der Waals surface area (Å²) in [5.74, 6) is 0. The maximum atomic E-state index is 7.59. The van der Waals surface area contributed by atoms with Gasteiger partial charge in [0, 0.05) is 6.42 Å². The Labute approximate surface area is 36.0 Å². The second kappa shape index (κ2) is 4.59. The Bertz CT molecular complexity index is 37.8.